The van der Waals surface area contributed by atoms with E-state index < -0.39 is 6.17 Å². The predicted octanol–water partition coefficient (Wildman–Crippen LogP) is 12.7. The molecule has 0 spiro atoms. The van der Waals surface area contributed by atoms with E-state index >= 15 is 0 Å². The van der Waals surface area contributed by atoms with Crippen molar-refractivity contribution in [3.8, 4) is 16.8 Å². The Morgan fingerprint density at radius 3 is 2.04 bits per heavy atom. The van der Waals surface area contributed by atoms with Gasteiger partial charge >= 0.3 is 0 Å². The number of hydrogen-bond acceptors (Lipinski definition) is 5. The Kier molecular flexibility index (Phi) is 6.89. The molecule has 4 heterocycles. The summed E-state index contributed by atoms with van der Waals surface area (Å²) >= 11 is 0. The minimum atomic E-state index is -0.461. The molecular weight excluding hydrogens is 701 g/mol. The van der Waals surface area contributed by atoms with E-state index in [4.69, 9.17) is 18.8 Å². The molecular formula is C51H32N4O2. The van der Waals surface area contributed by atoms with Crippen LogP contribution >= 0.6 is 0 Å². The number of para-hydroxylation sites is 5. The Labute approximate surface area is 326 Å². The molecule has 0 bridgehead atoms. The molecule has 0 amide bonds. The first kappa shape index (κ1) is 31.6. The number of aliphatic imine (C=N–C) groups is 2. The van der Waals surface area contributed by atoms with Crippen molar-refractivity contribution in [1.82, 2.24) is 9.88 Å². The second kappa shape index (κ2) is 12.4. The first-order valence-electron chi connectivity index (χ1n) is 19.2. The number of benzene rings is 8. The van der Waals surface area contributed by atoms with Gasteiger partial charge in [-0.1, -0.05) is 133 Å². The quantitative estimate of drug-likeness (QED) is 0.192. The highest BCUT2D eigenvalue weighted by Gasteiger charge is 2.27. The molecule has 3 aromatic heterocycles. The first-order valence-corrected chi connectivity index (χ1v) is 19.2. The van der Waals surface area contributed by atoms with E-state index in [1.165, 1.54) is 21.8 Å². The molecule has 1 aliphatic heterocycles. The summed E-state index contributed by atoms with van der Waals surface area (Å²) in [6.07, 6.45) is -0.461. The molecule has 57 heavy (non-hydrogen) atoms. The lowest BCUT2D eigenvalue weighted by molar-refractivity contribution is 0.628. The lowest BCUT2D eigenvalue weighted by Gasteiger charge is -2.23. The standard InChI is InChI=1S/C51H32N4O2/c1-3-14-31(15-4-1)49-52-50(39-23-11-21-37-36-19-8-10-26-44(36)56-47(37)39)54-51(53-49)40-24-12-22-38-46-34(20-13-27-45(46)57-48(38)40)32-28-29-43-41(30-32)35-18-7-9-25-42(35)55(43)33-16-5-2-6-17-33/h1-30,50H,(H,52,53,54). The van der Waals surface area contributed by atoms with Gasteiger partial charge in [-0.3, -0.25) is 0 Å². The monoisotopic (exact) mass is 732 g/mol. The minimum absolute atomic E-state index is 0.461. The number of nitrogens with zero attached hydrogens (tertiary/aromatic N) is 3. The van der Waals surface area contributed by atoms with Crippen molar-refractivity contribution >= 4 is 77.4 Å². The number of nitrogens with one attached hydrogen (secondary N) is 1. The molecule has 0 radical (unpaired) electrons. The Balaban J connectivity index is 1.04. The third-order valence-corrected chi connectivity index (χ3v) is 11.3. The van der Waals surface area contributed by atoms with E-state index in [0.717, 1.165) is 83.2 Å². The maximum Gasteiger partial charge on any atom is 0.163 e. The SMILES string of the molecule is c1ccc(C2=NC(c3cccc4c3oc3cccc(-c5ccc6c(c5)c5ccccc5n6-c5ccccc5)c34)=NC(c3cccc4c3oc3ccccc34)N2)cc1. The van der Waals surface area contributed by atoms with Crippen LogP contribution in [0.2, 0.25) is 0 Å². The van der Waals surface area contributed by atoms with Gasteiger partial charge in [0.25, 0.3) is 0 Å². The van der Waals surface area contributed by atoms with E-state index in [0.29, 0.717) is 5.84 Å². The molecule has 11 aromatic rings. The molecule has 1 unspecified atom stereocenters. The predicted molar refractivity (Wildman–Crippen MR) is 233 cm³/mol. The van der Waals surface area contributed by atoms with E-state index in [9.17, 15) is 0 Å². The van der Waals surface area contributed by atoms with Crippen molar-refractivity contribution in [2.75, 3.05) is 0 Å². The average Bonchev–Trinajstić information content (AvgIpc) is 3.96. The van der Waals surface area contributed by atoms with Crippen molar-refractivity contribution in [1.29, 1.82) is 0 Å². The van der Waals surface area contributed by atoms with E-state index in [-0.39, 0.29) is 0 Å². The van der Waals surface area contributed by atoms with Gasteiger partial charge in [-0.2, -0.15) is 0 Å². The largest absolute Gasteiger partial charge is 0.456 e. The summed E-state index contributed by atoms with van der Waals surface area (Å²) in [5, 5.41) is 10.3. The van der Waals surface area contributed by atoms with Gasteiger partial charge in [-0.05, 0) is 59.7 Å². The first-order chi connectivity index (χ1) is 28.3. The molecule has 6 nitrogen and oxygen atoms in total. The van der Waals surface area contributed by atoms with Crippen LogP contribution in [0.25, 0.3) is 82.5 Å². The van der Waals surface area contributed by atoms with Gasteiger partial charge in [-0.25, -0.2) is 9.98 Å². The maximum atomic E-state index is 6.82. The van der Waals surface area contributed by atoms with Crippen LogP contribution in [0.5, 0.6) is 0 Å². The zero-order valence-electron chi connectivity index (χ0n) is 30.6. The van der Waals surface area contributed by atoms with Gasteiger partial charge in [0.15, 0.2) is 12.0 Å². The summed E-state index contributed by atoms with van der Waals surface area (Å²) in [6, 6.07) is 63.2. The Morgan fingerprint density at radius 2 is 1.14 bits per heavy atom. The molecule has 1 N–H and O–H groups in total. The third kappa shape index (κ3) is 4.90. The Hall–Kier alpha value is -7.70. The molecule has 1 aliphatic rings. The minimum Gasteiger partial charge on any atom is -0.456 e. The van der Waals surface area contributed by atoms with Crippen LogP contribution in [0.4, 0.5) is 0 Å². The van der Waals surface area contributed by atoms with Gasteiger partial charge in [0, 0.05) is 49.1 Å². The molecule has 0 saturated heterocycles. The summed E-state index contributed by atoms with van der Waals surface area (Å²) in [6.45, 7) is 0. The number of aromatic nitrogens is 1. The van der Waals surface area contributed by atoms with Crippen molar-refractivity contribution < 1.29 is 8.83 Å². The highest BCUT2D eigenvalue weighted by molar-refractivity contribution is 6.22. The van der Waals surface area contributed by atoms with Gasteiger partial charge in [-0.15, -0.1) is 0 Å². The van der Waals surface area contributed by atoms with Crippen LogP contribution in [-0.2, 0) is 0 Å². The van der Waals surface area contributed by atoms with Gasteiger partial charge in [0.05, 0.1) is 16.6 Å². The topological polar surface area (TPSA) is 68.0 Å². The van der Waals surface area contributed by atoms with Crippen LogP contribution in [0.1, 0.15) is 22.9 Å². The number of fused-ring (bicyclic) bond motifs is 9. The van der Waals surface area contributed by atoms with Gasteiger partial charge < -0.3 is 18.7 Å². The fourth-order valence-electron chi connectivity index (χ4n) is 8.72. The van der Waals surface area contributed by atoms with Crippen LogP contribution in [0.3, 0.4) is 0 Å². The second-order valence-electron chi connectivity index (χ2n) is 14.5. The molecule has 0 saturated carbocycles. The van der Waals surface area contributed by atoms with Crippen LogP contribution in [0, 0.1) is 0 Å². The molecule has 12 rings (SSSR count). The molecule has 0 aliphatic carbocycles. The van der Waals surface area contributed by atoms with Gasteiger partial charge in [0.2, 0.25) is 0 Å². The van der Waals surface area contributed by atoms with Crippen LogP contribution < -0.4 is 5.32 Å². The van der Waals surface area contributed by atoms with E-state index in [1.54, 1.807) is 0 Å². The zero-order chi connectivity index (χ0) is 37.5. The highest BCUT2D eigenvalue weighted by Crippen LogP contribution is 2.42. The van der Waals surface area contributed by atoms with Crippen molar-refractivity contribution in [2.24, 2.45) is 9.98 Å². The Morgan fingerprint density at radius 1 is 0.474 bits per heavy atom. The summed E-state index contributed by atoms with van der Waals surface area (Å²) in [4.78, 5) is 10.5. The van der Waals surface area contributed by atoms with Crippen LogP contribution in [-0.4, -0.2) is 16.2 Å². The van der Waals surface area contributed by atoms with E-state index in [2.05, 4.69) is 155 Å². The molecule has 268 valence electrons. The summed E-state index contributed by atoms with van der Waals surface area (Å²) in [5.41, 5.74) is 11.7. The van der Waals surface area contributed by atoms with Crippen molar-refractivity contribution in [3.63, 3.8) is 0 Å². The summed E-state index contributed by atoms with van der Waals surface area (Å²) in [5.74, 6) is 1.32. The zero-order valence-corrected chi connectivity index (χ0v) is 30.6. The van der Waals surface area contributed by atoms with E-state index in [1.807, 2.05) is 36.4 Å². The highest BCUT2D eigenvalue weighted by atomic mass is 16.3. The molecule has 1 atom stereocenters. The second-order valence-corrected chi connectivity index (χ2v) is 14.5. The lowest BCUT2D eigenvalue weighted by atomic mass is 9.97. The smallest absolute Gasteiger partial charge is 0.163 e. The van der Waals surface area contributed by atoms with Crippen LogP contribution in [0.15, 0.2) is 201 Å². The fraction of sp³-hybridized carbons (Fsp3) is 0.0196. The normalized spacial score (nSPS) is 14.5. The molecule has 6 heteroatoms. The number of rotatable bonds is 5. The lowest BCUT2D eigenvalue weighted by Crippen LogP contribution is -2.33. The summed E-state index contributed by atoms with van der Waals surface area (Å²) in [7, 11) is 0. The van der Waals surface area contributed by atoms with Crippen molar-refractivity contribution in [2.45, 2.75) is 6.17 Å². The number of furan rings is 2. The molecule has 0 fully saturated rings. The summed E-state index contributed by atoms with van der Waals surface area (Å²) < 4.78 is 15.7. The molecule has 8 aromatic carbocycles. The maximum absolute atomic E-state index is 6.82. The Bertz CT molecular complexity index is 3440. The van der Waals surface area contributed by atoms with Crippen molar-refractivity contribution in [3.05, 3.63) is 199 Å². The average molecular weight is 733 g/mol. The number of hydrogen-bond donors (Lipinski definition) is 1. The third-order valence-electron chi connectivity index (χ3n) is 11.3. The number of amidine groups is 2. The van der Waals surface area contributed by atoms with Gasteiger partial charge in [0.1, 0.15) is 28.2 Å². The fourth-order valence-corrected chi connectivity index (χ4v) is 8.72.